The molecule has 0 aliphatic rings. The van der Waals surface area contributed by atoms with Crippen LogP contribution in [0.2, 0.25) is 0 Å². The van der Waals surface area contributed by atoms with Crippen LogP contribution >= 0.6 is 0 Å². The van der Waals surface area contributed by atoms with Crippen LogP contribution in [0.5, 0.6) is 0 Å². The maximum absolute atomic E-state index is 10.6. The number of hydrogen-bond acceptors (Lipinski definition) is 1. The van der Waals surface area contributed by atoms with Crippen LogP contribution in [-0.4, -0.2) is 11.9 Å². The van der Waals surface area contributed by atoms with E-state index in [1.807, 2.05) is 0 Å². The third kappa shape index (κ3) is 4.36. The van der Waals surface area contributed by atoms with Crippen molar-refractivity contribution in [2.75, 3.05) is 0 Å². The number of carbonyl (C=O) groups excluding carboxylic acids is 1. The Hall–Kier alpha value is -0.530. The van der Waals surface area contributed by atoms with Gasteiger partial charge in [-0.1, -0.05) is 20.3 Å². The van der Waals surface area contributed by atoms with Gasteiger partial charge < -0.3 is 5.32 Å². The predicted molar refractivity (Wildman–Crippen MR) is 42.8 cm³/mol. The molecule has 0 aliphatic heterocycles. The van der Waals surface area contributed by atoms with Crippen molar-refractivity contribution in [1.29, 1.82) is 0 Å². The molecular weight excluding hydrogens is 126 g/mol. The minimum atomic E-state index is 0.0836. The van der Waals surface area contributed by atoms with Crippen molar-refractivity contribution in [1.82, 2.24) is 5.32 Å². The molecule has 2 heteroatoms. The van der Waals surface area contributed by atoms with Gasteiger partial charge in [-0.15, -0.1) is 0 Å². The van der Waals surface area contributed by atoms with E-state index in [1.165, 1.54) is 0 Å². The molecule has 1 amide bonds. The van der Waals surface area contributed by atoms with Crippen LogP contribution in [0.25, 0.3) is 0 Å². The van der Waals surface area contributed by atoms with Gasteiger partial charge in [0.15, 0.2) is 0 Å². The summed E-state index contributed by atoms with van der Waals surface area (Å²) in [4.78, 5) is 10.6. The SMILES string of the molecule is CCC[C@H](CC)NC(C)=O. The van der Waals surface area contributed by atoms with E-state index in [-0.39, 0.29) is 5.91 Å². The average molecular weight is 143 g/mol. The Morgan fingerprint density at radius 2 is 2.10 bits per heavy atom. The van der Waals surface area contributed by atoms with Crippen LogP contribution in [-0.2, 0) is 4.79 Å². The fraction of sp³-hybridized carbons (Fsp3) is 0.875. The van der Waals surface area contributed by atoms with Crippen molar-refractivity contribution < 1.29 is 4.79 Å². The zero-order valence-corrected chi connectivity index (χ0v) is 7.11. The normalized spacial score (nSPS) is 12.7. The van der Waals surface area contributed by atoms with Gasteiger partial charge in [0, 0.05) is 13.0 Å². The third-order valence-corrected chi connectivity index (χ3v) is 1.54. The van der Waals surface area contributed by atoms with E-state index in [0.29, 0.717) is 6.04 Å². The van der Waals surface area contributed by atoms with Crippen LogP contribution in [0.3, 0.4) is 0 Å². The fourth-order valence-corrected chi connectivity index (χ4v) is 1.01. The number of carbonyl (C=O) groups is 1. The minimum absolute atomic E-state index is 0.0836. The first-order chi connectivity index (χ1) is 4.70. The average Bonchev–Trinajstić information content (AvgIpc) is 1.86. The summed E-state index contributed by atoms with van der Waals surface area (Å²) in [6.07, 6.45) is 3.27. The maximum Gasteiger partial charge on any atom is 0.217 e. The first-order valence-electron chi connectivity index (χ1n) is 3.97. The summed E-state index contributed by atoms with van der Waals surface area (Å²) >= 11 is 0. The molecule has 0 spiro atoms. The van der Waals surface area contributed by atoms with Gasteiger partial charge >= 0.3 is 0 Å². The van der Waals surface area contributed by atoms with Gasteiger partial charge in [0.2, 0.25) is 5.91 Å². The van der Waals surface area contributed by atoms with Crippen LogP contribution in [0.4, 0.5) is 0 Å². The first-order valence-corrected chi connectivity index (χ1v) is 3.97. The Labute approximate surface area is 63.0 Å². The Kier molecular flexibility index (Phi) is 4.99. The molecule has 0 aliphatic carbocycles. The summed E-state index contributed by atoms with van der Waals surface area (Å²) in [5.41, 5.74) is 0. The first kappa shape index (κ1) is 9.47. The lowest BCUT2D eigenvalue weighted by molar-refractivity contribution is -0.119. The molecule has 1 atom stereocenters. The zero-order chi connectivity index (χ0) is 7.98. The molecule has 1 N–H and O–H groups in total. The van der Waals surface area contributed by atoms with Gasteiger partial charge in [-0.05, 0) is 12.8 Å². The van der Waals surface area contributed by atoms with Crippen LogP contribution in [0, 0.1) is 0 Å². The van der Waals surface area contributed by atoms with E-state index in [1.54, 1.807) is 6.92 Å². The van der Waals surface area contributed by atoms with Gasteiger partial charge in [-0.2, -0.15) is 0 Å². The quantitative estimate of drug-likeness (QED) is 0.637. The Morgan fingerprint density at radius 3 is 2.40 bits per heavy atom. The highest BCUT2D eigenvalue weighted by Crippen LogP contribution is 1.99. The highest BCUT2D eigenvalue weighted by atomic mass is 16.1. The summed E-state index contributed by atoms with van der Waals surface area (Å²) in [7, 11) is 0. The fourth-order valence-electron chi connectivity index (χ4n) is 1.01. The third-order valence-electron chi connectivity index (χ3n) is 1.54. The number of amides is 1. The van der Waals surface area contributed by atoms with Crippen molar-refractivity contribution in [3.63, 3.8) is 0 Å². The standard InChI is InChI=1S/C8H17NO/c1-4-6-8(5-2)9-7(3)10/h8H,4-6H2,1-3H3,(H,9,10)/t8-/m0/s1. The van der Waals surface area contributed by atoms with Gasteiger partial charge in [-0.25, -0.2) is 0 Å². The van der Waals surface area contributed by atoms with E-state index in [9.17, 15) is 4.79 Å². The molecule has 0 heterocycles. The zero-order valence-electron chi connectivity index (χ0n) is 7.11. The summed E-state index contributed by atoms with van der Waals surface area (Å²) in [5, 5.41) is 2.89. The predicted octanol–water partition coefficient (Wildman–Crippen LogP) is 1.70. The van der Waals surface area contributed by atoms with Gasteiger partial charge in [0.25, 0.3) is 0 Å². The molecule has 0 radical (unpaired) electrons. The van der Waals surface area contributed by atoms with Crippen molar-refractivity contribution in [3.8, 4) is 0 Å². The summed E-state index contributed by atoms with van der Waals surface area (Å²) in [6.45, 7) is 5.79. The van der Waals surface area contributed by atoms with E-state index in [2.05, 4.69) is 19.2 Å². The minimum Gasteiger partial charge on any atom is -0.354 e. The second-order valence-electron chi connectivity index (χ2n) is 2.59. The largest absolute Gasteiger partial charge is 0.354 e. The molecule has 2 nitrogen and oxygen atoms in total. The smallest absolute Gasteiger partial charge is 0.217 e. The van der Waals surface area contributed by atoms with E-state index in [4.69, 9.17) is 0 Å². The van der Waals surface area contributed by atoms with Crippen LogP contribution in [0.1, 0.15) is 40.0 Å². The van der Waals surface area contributed by atoms with E-state index in [0.717, 1.165) is 19.3 Å². The summed E-state index contributed by atoms with van der Waals surface area (Å²) in [6, 6.07) is 0.391. The van der Waals surface area contributed by atoms with Crippen LogP contribution in [0.15, 0.2) is 0 Å². The lowest BCUT2D eigenvalue weighted by Crippen LogP contribution is -2.32. The van der Waals surface area contributed by atoms with Crippen molar-refractivity contribution in [2.45, 2.75) is 46.1 Å². The van der Waals surface area contributed by atoms with E-state index >= 15 is 0 Å². The lowest BCUT2D eigenvalue weighted by Gasteiger charge is -2.13. The number of nitrogens with one attached hydrogen (secondary N) is 1. The molecule has 10 heavy (non-hydrogen) atoms. The Balaban J connectivity index is 3.49. The van der Waals surface area contributed by atoms with Crippen LogP contribution < -0.4 is 5.32 Å². The van der Waals surface area contributed by atoms with Crippen molar-refractivity contribution >= 4 is 5.91 Å². The molecule has 0 fully saturated rings. The van der Waals surface area contributed by atoms with Gasteiger partial charge in [0.1, 0.15) is 0 Å². The maximum atomic E-state index is 10.6. The molecule has 0 aromatic heterocycles. The Morgan fingerprint density at radius 1 is 1.50 bits per heavy atom. The van der Waals surface area contributed by atoms with E-state index < -0.39 is 0 Å². The second kappa shape index (κ2) is 5.27. The topological polar surface area (TPSA) is 29.1 Å². The molecule has 0 bridgehead atoms. The Bertz CT molecular complexity index is 101. The molecule has 0 aromatic rings. The molecule has 0 rings (SSSR count). The monoisotopic (exact) mass is 143 g/mol. The number of hydrogen-bond donors (Lipinski definition) is 1. The summed E-state index contributed by atoms with van der Waals surface area (Å²) < 4.78 is 0. The molecular formula is C8H17NO. The molecule has 0 saturated heterocycles. The van der Waals surface area contributed by atoms with Gasteiger partial charge in [-0.3, -0.25) is 4.79 Å². The summed E-state index contributed by atoms with van der Waals surface area (Å²) in [5.74, 6) is 0.0836. The van der Waals surface area contributed by atoms with Crippen molar-refractivity contribution in [3.05, 3.63) is 0 Å². The molecule has 0 saturated carbocycles. The lowest BCUT2D eigenvalue weighted by atomic mass is 10.1. The second-order valence-corrected chi connectivity index (χ2v) is 2.59. The van der Waals surface area contributed by atoms with Crippen molar-refractivity contribution in [2.24, 2.45) is 0 Å². The van der Waals surface area contributed by atoms with Gasteiger partial charge in [0.05, 0.1) is 0 Å². The molecule has 0 unspecified atom stereocenters. The highest BCUT2D eigenvalue weighted by molar-refractivity contribution is 5.73. The number of rotatable bonds is 4. The highest BCUT2D eigenvalue weighted by Gasteiger charge is 2.04. The molecule has 60 valence electrons. The molecule has 0 aromatic carbocycles.